The summed E-state index contributed by atoms with van der Waals surface area (Å²) in [5.74, 6) is 0.679. The Morgan fingerprint density at radius 1 is 1.10 bits per heavy atom. The van der Waals surface area contributed by atoms with Gasteiger partial charge in [0.15, 0.2) is 0 Å². The van der Waals surface area contributed by atoms with Crippen LogP contribution in [0.4, 0.5) is 14.5 Å². The predicted molar refractivity (Wildman–Crippen MR) is 77.8 cm³/mol. The normalized spacial score (nSPS) is 12.2. The van der Waals surface area contributed by atoms with Crippen LogP contribution in [0.15, 0.2) is 48.5 Å². The van der Waals surface area contributed by atoms with Gasteiger partial charge in [0.25, 0.3) is 6.43 Å². The quantitative estimate of drug-likeness (QED) is 0.851. The van der Waals surface area contributed by atoms with Gasteiger partial charge >= 0.3 is 0 Å². The molecule has 0 aromatic heterocycles. The van der Waals surface area contributed by atoms with Gasteiger partial charge in [-0.3, -0.25) is 0 Å². The highest BCUT2D eigenvalue weighted by Crippen LogP contribution is 2.26. The van der Waals surface area contributed by atoms with Gasteiger partial charge in [-0.2, -0.15) is 0 Å². The van der Waals surface area contributed by atoms with Gasteiger partial charge in [-0.05, 0) is 23.8 Å². The van der Waals surface area contributed by atoms with Crippen molar-refractivity contribution in [3.05, 3.63) is 59.7 Å². The molecule has 0 saturated carbocycles. The van der Waals surface area contributed by atoms with Crippen molar-refractivity contribution in [3.63, 3.8) is 0 Å². The van der Waals surface area contributed by atoms with Crippen LogP contribution in [0.25, 0.3) is 0 Å². The van der Waals surface area contributed by atoms with Crippen LogP contribution in [0.2, 0.25) is 0 Å². The van der Waals surface area contributed by atoms with E-state index in [1.165, 1.54) is 12.1 Å². The Balaban J connectivity index is 2.21. The first-order valence-corrected chi connectivity index (χ1v) is 6.53. The van der Waals surface area contributed by atoms with E-state index in [2.05, 4.69) is 5.32 Å². The van der Waals surface area contributed by atoms with Crippen LogP contribution in [-0.4, -0.2) is 18.8 Å². The Morgan fingerprint density at radius 2 is 1.81 bits per heavy atom. The van der Waals surface area contributed by atoms with Gasteiger partial charge < -0.3 is 15.2 Å². The largest absolute Gasteiger partial charge is 0.497 e. The van der Waals surface area contributed by atoms with E-state index < -0.39 is 12.5 Å². The molecule has 2 N–H and O–H groups in total. The lowest BCUT2D eigenvalue weighted by molar-refractivity contribution is 0.151. The first kappa shape index (κ1) is 15.3. The number of ether oxygens (including phenoxy) is 1. The number of rotatable bonds is 6. The molecule has 0 heterocycles. The number of anilines is 1. The topological polar surface area (TPSA) is 41.5 Å². The van der Waals surface area contributed by atoms with E-state index in [1.807, 2.05) is 12.1 Å². The molecule has 0 aliphatic carbocycles. The van der Waals surface area contributed by atoms with Crippen molar-refractivity contribution < 1.29 is 18.6 Å². The Bertz CT molecular complexity index is 590. The van der Waals surface area contributed by atoms with Crippen LogP contribution in [0.1, 0.15) is 23.6 Å². The fraction of sp³-hybridized carbons (Fsp3) is 0.250. The number of nitrogens with one attached hydrogen (secondary N) is 1. The first-order valence-electron chi connectivity index (χ1n) is 6.53. The molecule has 2 rings (SSSR count). The summed E-state index contributed by atoms with van der Waals surface area (Å²) < 4.78 is 30.6. The number of hydrogen-bond donors (Lipinski definition) is 2. The summed E-state index contributed by atoms with van der Waals surface area (Å²) in [6.45, 7) is -0.204. The number of hydrogen-bond acceptors (Lipinski definition) is 3. The molecule has 0 radical (unpaired) electrons. The van der Waals surface area contributed by atoms with Gasteiger partial charge in [0, 0.05) is 17.3 Å². The maximum Gasteiger partial charge on any atom is 0.263 e. The summed E-state index contributed by atoms with van der Waals surface area (Å²) in [6, 6.07) is 12.8. The van der Waals surface area contributed by atoms with Crippen LogP contribution < -0.4 is 10.1 Å². The van der Waals surface area contributed by atoms with Crippen LogP contribution in [0, 0.1) is 0 Å². The SMILES string of the molecule is COc1cccc(NC(CO)c2cccc(C(F)F)c2)c1. The van der Waals surface area contributed by atoms with E-state index in [0.717, 1.165) is 5.69 Å². The Hall–Kier alpha value is -2.14. The summed E-state index contributed by atoms with van der Waals surface area (Å²) >= 11 is 0. The molecule has 2 aromatic rings. The standard InChI is InChI=1S/C16H17F2NO2/c1-21-14-7-3-6-13(9-14)19-15(10-20)11-4-2-5-12(8-11)16(17)18/h2-9,15-16,19-20H,10H2,1H3. The molecule has 0 aliphatic rings. The van der Waals surface area contributed by atoms with Crippen LogP contribution in [-0.2, 0) is 0 Å². The highest BCUT2D eigenvalue weighted by Gasteiger charge is 2.14. The van der Waals surface area contributed by atoms with Crippen molar-refractivity contribution >= 4 is 5.69 Å². The van der Waals surface area contributed by atoms with Gasteiger partial charge in [-0.25, -0.2) is 8.78 Å². The second kappa shape index (κ2) is 7.04. The zero-order valence-corrected chi connectivity index (χ0v) is 11.6. The van der Waals surface area contributed by atoms with E-state index in [0.29, 0.717) is 11.3 Å². The molecule has 1 atom stereocenters. The third-order valence-corrected chi connectivity index (χ3v) is 3.16. The highest BCUT2D eigenvalue weighted by molar-refractivity contribution is 5.50. The number of halogens is 2. The van der Waals surface area contributed by atoms with Crippen LogP contribution >= 0.6 is 0 Å². The van der Waals surface area contributed by atoms with Crippen molar-refractivity contribution in [1.29, 1.82) is 0 Å². The smallest absolute Gasteiger partial charge is 0.263 e. The van der Waals surface area contributed by atoms with Crippen molar-refractivity contribution in [1.82, 2.24) is 0 Å². The second-order valence-corrected chi connectivity index (χ2v) is 4.58. The molecule has 2 aromatic carbocycles. The van der Waals surface area contributed by atoms with E-state index in [1.54, 1.807) is 31.4 Å². The molecular formula is C16H17F2NO2. The van der Waals surface area contributed by atoms with Gasteiger partial charge in [0.2, 0.25) is 0 Å². The van der Waals surface area contributed by atoms with Crippen molar-refractivity contribution in [2.75, 3.05) is 19.0 Å². The summed E-state index contributed by atoms with van der Waals surface area (Å²) in [5, 5.41) is 12.6. The molecule has 0 bridgehead atoms. The summed E-state index contributed by atoms with van der Waals surface area (Å²) in [4.78, 5) is 0. The predicted octanol–water partition coefficient (Wildman–Crippen LogP) is 3.78. The number of aliphatic hydroxyl groups is 1. The lowest BCUT2D eigenvalue weighted by Gasteiger charge is -2.19. The third-order valence-electron chi connectivity index (χ3n) is 3.16. The maximum absolute atomic E-state index is 12.7. The van der Waals surface area contributed by atoms with Crippen LogP contribution in [0.3, 0.4) is 0 Å². The molecule has 0 fully saturated rings. The van der Waals surface area contributed by atoms with E-state index >= 15 is 0 Å². The molecule has 21 heavy (non-hydrogen) atoms. The minimum atomic E-state index is -2.53. The lowest BCUT2D eigenvalue weighted by Crippen LogP contribution is -2.15. The fourth-order valence-electron chi connectivity index (χ4n) is 2.06. The molecule has 0 spiro atoms. The van der Waals surface area contributed by atoms with Crippen molar-refractivity contribution in [2.24, 2.45) is 0 Å². The molecule has 0 aliphatic heterocycles. The lowest BCUT2D eigenvalue weighted by atomic mass is 10.0. The Kier molecular flexibility index (Phi) is 5.11. The molecule has 0 saturated heterocycles. The third kappa shape index (κ3) is 3.92. The van der Waals surface area contributed by atoms with Crippen LogP contribution in [0.5, 0.6) is 5.75 Å². The maximum atomic E-state index is 12.7. The summed E-state index contributed by atoms with van der Waals surface area (Å²) in [5.41, 5.74) is 1.30. The Labute approximate surface area is 122 Å². The number of methoxy groups -OCH3 is 1. The Morgan fingerprint density at radius 3 is 2.48 bits per heavy atom. The van der Waals surface area contributed by atoms with E-state index in [9.17, 15) is 13.9 Å². The van der Waals surface area contributed by atoms with E-state index in [-0.39, 0.29) is 12.2 Å². The molecule has 5 heteroatoms. The first-order chi connectivity index (χ1) is 10.1. The number of benzene rings is 2. The minimum absolute atomic E-state index is 0.0570. The average Bonchev–Trinajstić information content (AvgIpc) is 2.53. The molecule has 112 valence electrons. The van der Waals surface area contributed by atoms with Gasteiger partial charge in [-0.1, -0.05) is 24.3 Å². The molecule has 0 amide bonds. The van der Waals surface area contributed by atoms with Gasteiger partial charge in [-0.15, -0.1) is 0 Å². The summed E-state index contributed by atoms with van der Waals surface area (Å²) in [6.07, 6.45) is -2.53. The number of alkyl halides is 2. The molecular weight excluding hydrogens is 276 g/mol. The molecule has 3 nitrogen and oxygen atoms in total. The van der Waals surface area contributed by atoms with E-state index in [4.69, 9.17) is 4.74 Å². The van der Waals surface area contributed by atoms with Crippen molar-refractivity contribution in [2.45, 2.75) is 12.5 Å². The highest BCUT2D eigenvalue weighted by atomic mass is 19.3. The van der Waals surface area contributed by atoms with Crippen molar-refractivity contribution in [3.8, 4) is 5.75 Å². The summed E-state index contributed by atoms with van der Waals surface area (Å²) in [7, 11) is 1.56. The average molecular weight is 293 g/mol. The second-order valence-electron chi connectivity index (χ2n) is 4.58. The van der Waals surface area contributed by atoms with Gasteiger partial charge in [0.05, 0.1) is 19.8 Å². The zero-order valence-electron chi connectivity index (χ0n) is 11.6. The fourth-order valence-corrected chi connectivity index (χ4v) is 2.06. The zero-order chi connectivity index (χ0) is 15.2. The monoisotopic (exact) mass is 293 g/mol. The van der Waals surface area contributed by atoms with Gasteiger partial charge in [0.1, 0.15) is 5.75 Å². The minimum Gasteiger partial charge on any atom is -0.497 e. The molecule has 1 unspecified atom stereocenters. The number of aliphatic hydroxyl groups excluding tert-OH is 1.